The molecule has 2 aromatic carbocycles. The number of nitrogens with one attached hydrogen (secondary N) is 1. The molecule has 27 heavy (non-hydrogen) atoms. The summed E-state index contributed by atoms with van der Waals surface area (Å²) in [7, 11) is 1.60. The van der Waals surface area contributed by atoms with E-state index in [0.717, 1.165) is 23.1 Å². The maximum atomic E-state index is 12.1. The monoisotopic (exact) mass is 385 g/mol. The van der Waals surface area contributed by atoms with Crippen molar-refractivity contribution in [2.75, 3.05) is 25.0 Å². The number of thioether (sulfide) groups is 1. The Kier molecular flexibility index (Phi) is 4.84. The first-order valence-corrected chi connectivity index (χ1v) is 9.00. The summed E-state index contributed by atoms with van der Waals surface area (Å²) in [5.41, 5.74) is 1.41. The van der Waals surface area contributed by atoms with Crippen LogP contribution in [0.15, 0.2) is 52.1 Å². The van der Waals surface area contributed by atoms with Crippen molar-refractivity contribution in [3.8, 4) is 28.7 Å². The summed E-state index contributed by atoms with van der Waals surface area (Å²) < 4.78 is 21.2. The number of carbonyl (C=O) groups excluding carboxylic acids is 1. The summed E-state index contributed by atoms with van der Waals surface area (Å²) in [5, 5.41) is 11.1. The predicted molar refractivity (Wildman–Crippen MR) is 98.2 cm³/mol. The lowest BCUT2D eigenvalue weighted by molar-refractivity contribution is -0.113. The van der Waals surface area contributed by atoms with Gasteiger partial charge in [0.25, 0.3) is 5.22 Å². The van der Waals surface area contributed by atoms with Crippen molar-refractivity contribution in [1.29, 1.82) is 0 Å². The number of hydrogen-bond acceptors (Lipinski definition) is 8. The van der Waals surface area contributed by atoms with Crippen molar-refractivity contribution in [3.63, 3.8) is 0 Å². The van der Waals surface area contributed by atoms with E-state index in [-0.39, 0.29) is 18.5 Å². The van der Waals surface area contributed by atoms with Gasteiger partial charge in [-0.1, -0.05) is 11.8 Å². The minimum Gasteiger partial charge on any atom is -0.497 e. The smallest absolute Gasteiger partial charge is 0.277 e. The van der Waals surface area contributed by atoms with Gasteiger partial charge in [-0.2, -0.15) is 0 Å². The summed E-state index contributed by atoms with van der Waals surface area (Å²) in [6.45, 7) is 0.191. The molecule has 0 bridgehead atoms. The molecule has 0 atom stereocenters. The number of anilines is 1. The van der Waals surface area contributed by atoms with Crippen LogP contribution in [-0.2, 0) is 4.79 Å². The van der Waals surface area contributed by atoms with Crippen LogP contribution in [-0.4, -0.2) is 35.8 Å². The molecule has 138 valence electrons. The highest BCUT2D eigenvalue weighted by Gasteiger charge is 2.15. The molecule has 4 rings (SSSR count). The van der Waals surface area contributed by atoms with Crippen LogP contribution >= 0.6 is 11.8 Å². The highest BCUT2D eigenvalue weighted by molar-refractivity contribution is 7.99. The highest BCUT2D eigenvalue weighted by atomic mass is 32.2. The maximum absolute atomic E-state index is 12.1. The van der Waals surface area contributed by atoms with Gasteiger partial charge >= 0.3 is 0 Å². The molecule has 0 fully saturated rings. The van der Waals surface area contributed by atoms with E-state index < -0.39 is 0 Å². The first-order valence-electron chi connectivity index (χ1n) is 8.01. The van der Waals surface area contributed by atoms with Crippen molar-refractivity contribution in [3.05, 3.63) is 42.5 Å². The lowest BCUT2D eigenvalue weighted by atomic mass is 10.2. The van der Waals surface area contributed by atoms with Crippen LogP contribution in [0.4, 0.5) is 5.69 Å². The molecule has 1 N–H and O–H groups in total. The summed E-state index contributed by atoms with van der Waals surface area (Å²) in [5.74, 6) is 2.35. The van der Waals surface area contributed by atoms with Crippen LogP contribution in [0.1, 0.15) is 0 Å². The van der Waals surface area contributed by atoms with Gasteiger partial charge in [-0.3, -0.25) is 4.79 Å². The Bertz CT molecular complexity index is 958. The fourth-order valence-corrected chi connectivity index (χ4v) is 2.98. The minimum atomic E-state index is -0.192. The standard InChI is InChI=1S/C18H15N3O5S/c1-23-13-5-2-11(3-6-13)17-20-21-18(26-17)27-9-16(22)19-12-4-7-14-15(8-12)25-10-24-14/h2-8H,9-10H2,1H3,(H,19,22). The van der Waals surface area contributed by atoms with E-state index in [2.05, 4.69) is 15.5 Å². The lowest BCUT2D eigenvalue weighted by Gasteiger charge is -2.05. The zero-order valence-corrected chi connectivity index (χ0v) is 15.1. The fraction of sp³-hybridized carbons (Fsp3) is 0.167. The number of methoxy groups -OCH3 is 1. The number of amides is 1. The lowest BCUT2D eigenvalue weighted by Crippen LogP contribution is -2.13. The number of benzene rings is 2. The summed E-state index contributed by atoms with van der Waals surface area (Å²) >= 11 is 1.16. The van der Waals surface area contributed by atoms with Gasteiger partial charge < -0.3 is 23.9 Å². The van der Waals surface area contributed by atoms with E-state index in [4.69, 9.17) is 18.6 Å². The van der Waals surface area contributed by atoms with Crippen LogP contribution in [0.2, 0.25) is 0 Å². The molecule has 0 radical (unpaired) electrons. The molecule has 1 aromatic heterocycles. The fourth-order valence-electron chi connectivity index (χ4n) is 2.42. The zero-order valence-electron chi connectivity index (χ0n) is 14.3. The Morgan fingerprint density at radius 3 is 2.78 bits per heavy atom. The van der Waals surface area contributed by atoms with Gasteiger partial charge in [0.1, 0.15) is 5.75 Å². The SMILES string of the molecule is COc1ccc(-c2nnc(SCC(=O)Nc3ccc4c(c3)OCO4)o2)cc1. The number of hydrogen-bond donors (Lipinski definition) is 1. The van der Waals surface area contributed by atoms with Crippen LogP contribution in [0.5, 0.6) is 17.2 Å². The molecule has 1 aliphatic rings. The van der Waals surface area contributed by atoms with E-state index >= 15 is 0 Å². The highest BCUT2D eigenvalue weighted by Crippen LogP contribution is 2.34. The molecule has 0 spiro atoms. The van der Waals surface area contributed by atoms with Crippen LogP contribution < -0.4 is 19.5 Å². The largest absolute Gasteiger partial charge is 0.497 e. The second-order valence-corrected chi connectivity index (χ2v) is 6.43. The van der Waals surface area contributed by atoms with E-state index in [0.29, 0.717) is 28.3 Å². The molecule has 0 saturated heterocycles. The molecule has 0 saturated carbocycles. The average Bonchev–Trinajstić information content (AvgIpc) is 3.35. The Morgan fingerprint density at radius 1 is 1.15 bits per heavy atom. The van der Waals surface area contributed by atoms with Gasteiger partial charge in [-0.25, -0.2) is 0 Å². The molecule has 1 aliphatic heterocycles. The van der Waals surface area contributed by atoms with Gasteiger partial charge in [-0.15, -0.1) is 10.2 Å². The Hall–Kier alpha value is -3.20. The topological polar surface area (TPSA) is 95.7 Å². The first kappa shape index (κ1) is 17.2. The molecule has 0 unspecified atom stereocenters. The van der Waals surface area contributed by atoms with Gasteiger partial charge in [0.15, 0.2) is 11.5 Å². The average molecular weight is 385 g/mol. The van der Waals surface area contributed by atoms with Crippen molar-refractivity contribution < 1.29 is 23.4 Å². The maximum Gasteiger partial charge on any atom is 0.277 e. The Balaban J connectivity index is 1.33. The zero-order chi connectivity index (χ0) is 18.6. The number of ether oxygens (including phenoxy) is 3. The first-order chi connectivity index (χ1) is 13.2. The summed E-state index contributed by atoms with van der Waals surface area (Å²) in [6, 6.07) is 12.5. The second-order valence-electron chi connectivity index (χ2n) is 5.51. The molecular weight excluding hydrogens is 370 g/mol. The molecule has 2 heterocycles. The number of fused-ring (bicyclic) bond motifs is 1. The number of carbonyl (C=O) groups is 1. The van der Waals surface area contributed by atoms with Crippen LogP contribution in [0, 0.1) is 0 Å². The van der Waals surface area contributed by atoms with E-state index in [1.807, 2.05) is 24.3 Å². The van der Waals surface area contributed by atoms with Crippen molar-refractivity contribution >= 4 is 23.4 Å². The van der Waals surface area contributed by atoms with Gasteiger partial charge in [0.2, 0.25) is 18.6 Å². The van der Waals surface area contributed by atoms with Crippen molar-refractivity contribution in [1.82, 2.24) is 10.2 Å². The Morgan fingerprint density at radius 2 is 1.96 bits per heavy atom. The number of aromatic nitrogens is 2. The van der Waals surface area contributed by atoms with E-state index in [9.17, 15) is 4.79 Å². The summed E-state index contributed by atoms with van der Waals surface area (Å²) in [6.07, 6.45) is 0. The third-order valence-electron chi connectivity index (χ3n) is 3.73. The van der Waals surface area contributed by atoms with Crippen molar-refractivity contribution in [2.45, 2.75) is 5.22 Å². The van der Waals surface area contributed by atoms with Gasteiger partial charge in [0.05, 0.1) is 12.9 Å². The molecule has 1 amide bonds. The Labute approximate surface area is 158 Å². The molecular formula is C18H15N3O5S. The van der Waals surface area contributed by atoms with Crippen LogP contribution in [0.25, 0.3) is 11.5 Å². The van der Waals surface area contributed by atoms with Crippen LogP contribution in [0.3, 0.4) is 0 Å². The molecule has 0 aliphatic carbocycles. The molecule has 9 heteroatoms. The van der Waals surface area contributed by atoms with Gasteiger partial charge in [0, 0.05) is 17.3 Å². The quantitative estimate of drug-likeness (QED) is 0.646. The molecule has 3 aromatic rings. The van der Waals surface area contributed by atoms with Gasteiger partial charge in [-0.05, 0) is 36.4 Å². The minimum absolute atomic E-state index is 0.138. The second kappa shape index (κ2) is 7.58. The van der Waals surface area contributed by atoms with E-state index in [1.165, 1.54) is 0 Å². The number of rotatable bonds is 6. The summed E-state index contributed by atoms with van der Waals surface area (Å²) in [4.78, 5) is 12.1. The third kappa shape index (κ3) is 3.98. The number of nitrogens with zero attached hydrogens (tertiary/aromatic N) is 2. The van der Waals surface area contributed by atoms with E-state index in [1.54, 1.807) is 25.3 Å². The van der Waals surface area contributed by atoms with Crippen molar-refractivity contribution in [2.24, 2.45) is 0 Å². The third-order valence-corrected chi connectivity index (χ3v) is 4.54. The predicted octanol–water partition coefficient (Wildman–Crippen LogP) is 3.20. The molecule has 8 nitrogen and oxygen atoms in total. The normalized spacial score (nSPS) is 12.0.